The molecule has 4 atom stereocenters. The van der Waals surface area contributed by atoms with Gasteiger partial charge in [-0.3, -0.25) is 9.59 Å². The molecule has 0 saturated heterocycles. The van der Waals surface area contributed by atoms with Gasteiger partial charge in [-0.05, 0) is 42.0 Å². The Hall–Kier alpha value is -3.62. The van der Waals surface area contributed by atoms with Gasteiger partial charge in [0.1, 0.15) is 18.0 Å². The molecule has 2 aliphatic carbocycles. The maximum Gasteiger partial charge on any atom is 0.247 e. The molecular weight excluding hydrogens is 518 g/mol. The van der Waals surface area contributed by atoms with Crippen LogP contribution in [0.25, 0.3) is 10.9 Å². The van der Waals surface area contributed by atoms with E-state index in [0.717, 1.165) is 28.6 Å². The highest BCUT2D eigenvalue weighted by Crippen LogP contribution is 2.47. The monoisotopic (exact) mass is 557 g/mol. The zero-order chi connectivity index (χ0) is 28.3. The highest BCUT2D eigenvalue weighted by atomic mass is 16.5. The number of para-hydroxylation sites is 2. The van der Waals surface area contributed by atoms with E-state index in [9.17, 15) is 19.8 Å². The maximum absolute atomic E-state index is 13.9. The van der Waals surface area contributed by atoms with E-state index in [-0.39, 0.29) is 25.0 Å². The Morgan fingerprint density at radius 3 is 2.66 bits per heavy atom. The number of ether oxygens (including phenoxy) is 1. The lowest BCUT2D eigenvalue weighted by Crippen LogP contribution is -2.56. The number of hydrogen-bond acceptors (Lipinski definition) is 5. The number of fused-ring (bicyclic) bond motifs is 4. The van der Waals surface area contributed by atoms with E-state index in [1.807, 2.05) is 42.5 Å². The molecule has 6 rings (SSSR count). The quantitative estimate of drug-likeness (QED) is 0.303. The number of amides is 2. The van der Waals surface area contributed by atoms with Crippen molar-refractivity contribution in [1.82, 2.24) is 15.2 Å². The Labute approximate surface area is 240 Å². The lowest BCUT2D eigenvalue weighted by atomic mass is 9.77. The number of aliphatic hydroxyl groups excluding tert-OH is 2. The minimum absolute atomic E-state index is 0.0163. The number of H-pyrrole nitrogens is 1. The zero-order valence-electron chi connectivity index (χ0n) is 23.3. The molecule has 0 bridgehead atoms. The molecule has 1 fully saturated rings. The number of benzene rings is 2. The molecule has 216 valence electrons. The molecule has 8 nitrogen and oxygen atoms in total. The number of nitrogens with zero attached hydrogens (tertiary/aromatic N) is 1. The number of aromatic amines is 1. The fraction of sp³-hybridized carbons (Fsp3) is 0.455. The van der Waals surface area contributed by atoms with Crippen LogP contribution in [0.2, 0.25) is 0 Å². The Kier molecular flexibility index (Phi) is 8.12. The number of aliphatic hydroxyl groups is 2. The lowest BCUT2D eigenvalue weighted by molar-refractivity contribution is -0.137. The molecule has 2 amide bonds. The smallest absolute Gasteiger partial charge is 0.247 e. The number of hydrogen-bond donors (Lipinski definition) is 4. The number of carbonyl (C=O) groups excluding carboxylic acids is 2. The molecule has 8 heteroatoms. The molecule has 3 aromatic rings. The van der Waals surface area contributed by atoms with Crippen molar-refractivity contribution in [2.24, 2.45) is 5.92 Å². The average Bonchev–Trinajstić information content (AvgIpc) is 3.74. The van der Waals surface area contributed by atoms with Crippen molar-refractivity contribution in [3.8, 4) is 5.75 Å². The molecule has 41 heavy (non-hydrogen) atoms. The van der Waals surface area contributed by atoms with Crippen LogP contribution in [-0.4, -0.2) is 69.9 Å². The number of nitrogens with one attached hydrogen (secondary N) is 2. The van der Waals surface area contributed by atoms with Crippen molar-refractivity contribution in [1.29, 1.82) is 0 Å². The van der Waals surface area contributed by atoms with Gasteiger partial charge in [-0.2, -0.15) is 0 Å². The van der Waals surface area contributed by atoms with E-state index in [2.05, 4.69) is 22.4 Å². The van der Waals surface area contributed by atoms with Gasteiger partial charge in [0, 0.05) is 48.3 Å². The Morgan fingerprint density at radius 1 is 1.07 bits per heavy atom. The highest BCUT2D eigenvalue weighted by molar-refractivity contribution is 5.96. The topological polar surface area (TPSA) is 115 Å². The molecule has 1 saturated carbocycles. The average molecular weight is 558 g/mol. The summed E-state index contributed by atoms with van der Waals surface area (Å²) >= 11 is 0. The normalized spacial score (nSPS) is 23.5. The van der Waals surface area contributed by atoms with Crippen LogP contribution >= 0.6 is 0 Å². The van der Waals surface area contributed by atoms with Crippen LogP contribution in [0.1, 0.15) is 55.7 Å². The standard InChI is InChI=1S/C33H39N3O5/c37-18-16-34-33(40)25-20-27(31(39)32-30(25)24-10-4-6-12-28(24)41-32)36(29(38)14-13-21-7-1-2-8-21)17-15-23-19-22-9-3-5-11-26(22)35-23/h3-6,9-12,19-21,27,30-32,35,37,39H,1-2,7-8,13-18H2,(H,34,40)/t27-,30+,31+,32+/m1/s1. The van der Waals surface area contributed by atoms with Gasteiger partial charge in [0.15, 0.2) is 0 Å². The second-order valence-corrected chi connectivity index (χ2v) is 11.6. The first-order valence-electron chi connectivity index (χ1n) is 14.9. The summed E-state index contributed by atoms with van der Waals surface area (Å²) < 4.78 is 6.25. The minimum atomic E-state index is -1.01. The second-order valence-electron chi connectivity index (χ2n) is 11.6. The fourth-order valence-corrected chi connectivity index (χ4v) is 6.91. The highest BCUT2D eigenvalue weighted by Gasteiger charge is 2.50. The number of aromatic nitrogens is 1. The molecule has 3 aliphatic rings. The molecule has 4 N–H and O–H groups in total. The summed E-state index contributed by atoms with van der Waals surface area (Å²) in [6.45, 7) is 0.334. The molecule has 0 unspecified atom stereocenters. The van der Waals surface area contributed by atoms with Crippen LogP contribution in [-0.2, 0) is 16.0 Å². The molecule has 1 aliphatic heterocycles. The predicted molar refractivity (Wildman–Crippen MR) is 156 cm³/mol. The first-order valence-corrected chi connectivity index (χ1v) is 14.9. The van der Waals surface area contributed by atoms with Gasteiger partial charge >= 0.3 is 0 Å². The predicted octanol–water partition coefficient (Wildman–Crippen LogP) is 3.83. The van der Waals surface area contributed by atoms with Gasteiger partial charge in [-0.25, -0.2) is 0 Å². The van der Waals surface area contributed by atoms with Crippen LogP contribution < -0.4 is 10.1 Å². The van der Waals surface area contributed by atoms with Gasteiger partial charge in [-0.15, -0.1) is 0 Å². The third-order valence-corrected chi connectivity index (χ3v) is 9.01. The van der Waals surface area contributed by atoms with Gasteiger partial charge in [0.2, 0.25) is 11.8 Å². The summed E-state index contributed by atoms with van der Waals surface area (Å²) in [4.78, 5) is 32.5. The SMILES string of the molecule is O=C(NCCO)C1=C[C@@H](N(CCc2cc3ccccc3[nH]2)C(=O)CCC2CCCC2)[C@H](O)[C@H]2Oc3ccccc3[C@@H]12. The van der Waals surface area contributed by atoms with Gasteiger partial charge < -0.3 is 30.2 Å². The van der Waals surface area contributed by atoms with Crippen molar-refractivity contribution >= 4 is 22.7 Å². The largest absolute Gasteiger partial charge is 0.486 e. The molecule has 0 spiro atoms. The van der Waals surface area contributed by atoms with Crippen molar-refractivity contribution < 1.29 is 24.5 Å². The van der Waals surface area contributed by atoms with Gasteiger partial charge in [0.25, 0.3) is 0 Å². The van der Waals surface area contributed by atoms with Gasteiger partial charge in [0.05, 0.1) is 18.6 Å². The van der Waals surface area contributed by atoms with Crippen molar-refractivity contribution in [3.63, 3.8) is 0 Å². The summed E-state index contributed by atoms with van der Waals surface area (Å²) in [5, 5.41) is 25.0. The maximum atomic E-state index is 13.9. The molecule has 2 aromatic carbocycles. The molecule has 1 aromatic heterocycles. The fourth-order valence-electron chi connectivity index (χ4n) is 6.91. The van der Waals surface area contributed by atoms with Crippen LogP contribution in [0.5, 0.6) is 5.75 Å². The van der Waals surface area contributed by atoms with Crippen LogP contribution in [0.15, 0.2) is 66.2 Å². The summed E-state index contributed by atoms with van der Waals surface area (Å²) in [6.07, 6.45) is 6.67. The first-order chi connectivity index (χ1) is 20.0. The third kappa shape index (κ3) is 5.63. The minimum Gasteiger partial charge on any atom is -0.486 e. The van der Waals surface area contributed by atoms with E-state index in [4.69, 9.17) is 4.74 Å². The molecular formula is C33H39N3O5. The third-order valence-electron chi connectivity index (χ3n) is 9.01. The van der Waals surface area contributed by atoms with E-state index >= 15 is 0 Å². The van der Waals surface area contributed by atoms with Gasteiger partial charge in [-0.1, -0.05) is 62.1 Å². The summed E-state index contributed by atoms with van der Waals surface area (Å²) in [7, 11) is 0. The molecule has 2 heterocycles. The number of carbonyl (C=O) groups is 2. The van der Waals surface area contributed by atoms with E-state index in [1.165, 1.54) is 25.7 Å². The Balaban J connectivity index is 1.31. The van der Waals surface area contributed by atoms with Crippen molar-refractivity contribution in [2.75, 3.05) is 19.7 Å². The summed E-state index contributed by atoms with van der Waals surface area (Å²) in [6, 6.07) is 17.0. The van der Waals surface area contributed by atoms with Crippen LogP contribution in [0.3, 0.4) is 0 Å². The molecule has 0 radical (unpaired) electrons. The zero-order valence-corrected chi connectivity index (χ0v) is 23.3. The summed E-state index contributed by atoms with van der Waals surface area (Å²) in [5.41, 5.74) is 3.36. The first kappa shape index (κ1) is 27.5. The van der Waals surface area contributed by atoms with Crippen molar-refractivity contribution in [2.45, 2.75) is 69.1 Å². The van der Waals surface area contributed by atoms with Crippen LogP contribution in [0.4, 0.5) is 0 Å². The van der Waals surface area contributed by atoms with E-state index < -0.39 is 24.2 Å². The second kappa shape index (κ2) is 12.1. The number of rotatable bonds is 10. The summed E-state index contributed by atoms with van der Waals surface area (Å²) in [5.74, 6) is 0.413. The van der Waals surface area contributed by atoms with Crippen LogP contribution in [0, 0.1) is 5.92 Å². The van der Waals surface area contributed by atoms with E-state index in [1.54, 1.807) is 11.0 Å². The lowest BCUT2D eigenvalue weighted by Gasteiger charge is -2.41. The van der Waals surface area contributed by atoms with Crippen molar-refractivity contribution in [3.05, 3.63) is 77.5 Å². The van der Waals surface area contributed by atoms with E-state index in [0.29, 0.717) is 36.6 Å². The Morgan fingerprint density at radius 2 is 1.85 bits per heavy atom. The Bertz CT molecular complexity index is 1390.